The third kappa shape index (κ3) is 4.16. The average molecular weight is 215 g/mol. The maximum atomic E-state index is 4.22. The summed E-state index contributed by atoms with van der Waals surface area (Å²) in [6.07, 6.45) is 1.18. The van der Waals surface area contributed by atoms with Gasteiger partial charge in [0.15, 0.2) is 0 Å². The van der Waals surface area contributed by atoms with E-state index in [1.807, 2.05) is 11.3 Å². The molecule has 1 heterocycles. The second-order valence-corrected chi connectivity index (χ2v) is 4.50. The van der Waals surface area contributed by atoms with Crippen LogP contribution < -0.4 is 0 Å². The van der Waals surface area contributed by atoms with Gasteiger partial charge < -0.3 is 0 Å². The third-order valence-electron chi connectivity index (χ3n) is 2.04. The van der Waals surface area contributed by atoms with Gasteiger partial charge in [0.2, 0.25) is 0 Å². The standard InChI is InChI=1S/C10H17NS2/c1-2-11(6-4-7-12)9-10-5-3-8-13-10/h3,5,8,12H,2,4,6-7,9H2,1H3. The summed E-state index contributed by atoms with van der Waals surface area (Å²) in [6.45, 7) is 5.61. The molecule has 0 aliphatic carbocycles. The minimum Gasteiger partial charge on any atom is -0.299 e. The van der Waals surface area contributed by atoms with Crippen LogP contribution in [0.2, 0.25) is 0 Å². The lowest BCUT2D eigenvalue weighted by Gasteiger charge is -2.18. The van der Waals surface area contributed by atoms with Gasteiger partial charge in [0, 0.05) is 11.4 Å². The van der Waals surface area contributed by atoms with Crippen LogP contribution in [0.4, 0.5) is 0 Å². The van der Waals surface area contributed by atoms with Crippen molar-refractivity contribution in [2.75, 3.05) is 18.8 Å². The molecule has 0 unspecified atom stereocenters. The molecule has 0 amide bonds. The highest BCUT2D eigenvalue weighted by Gasteiger charge is 2.02. The first-order chi connectivity index (χ1) is 6.36. The molecule has 13 heavy (non-hydrogen) atoms. The van der Waals surface area contributed by atoms with Crippen molar-refractivity contribution in [2.45, 2.75) is 19.9 Å². The molecule has 0 aromatic carbocycles. The Morgan fingerprint density at radius 2 is 2.38 bits per heavy atom. The summed E-state index contributed by atoms with van der Waals surface area (Å²) in [4.78, 5) is 3.92. The number of rotatable bonds is 6. The van der Waals surface area contributed by atoms with Crippen LogP contribution in [-0.2, 0) is 6.54 Å². The molecule has 0 radical (unpaired) electrons. The Morgan fingerprint density at radius 1 is 1.54 bits per heavy atom. The molecule has 1 nitrogen and oxygen atoms in total. The number of nitrogens with zero attached hydrogens (tertiary/aromatic N) is 1. The van der Waals surface area contributed by atoms with Gasteiger partial charge in [0.05, 0.1) is 0 Å². The second-order valence-electron chi connectivity index (χ2n) is 3.03. The largest absolute Gasteiger partial charge is 0.299 e. The highest BCUT2D eigenvalue weighted by molar-refractivity contribution is 7.80. The number of hydrogen-bond donors (Lipinski definition) is 1. The molecule has 74 valence electrons. The second kappa shape index (κ2) is 6.46. The summed E-state index contributed by atoms with van der Waals surface area (Å²) in [7, 11) is 0. The topological polar surface area (TPSA) is 3.24 Å². The van der Waals surface area contributed by atoms with Gasteiger partial charge in [-0.15, -0.1) is 11.3 Å². The van der Waals surface area contributed by atoms with Gasteiger partial charge in [0.25, 0.3) is 0 Å². The van der Waals surface area contributed by atoms with E-state index in [9.17, 15) is 0 Å². The minimum absolute atomic E-state index is 0.987. The van der Waals surface area contributed by atoms with Crippen LogP contribution in [0, 0.1) is 0 Å². The number of thiophene rings is 1. The van der Waals surface area contributed by atoms with Crippen molar-refractivity contribution in [2.24, 2.45) is 0 Å². The van der Waals surface area contributed by atoms with Gasteiger partial charge in [-0.2, -0.15) is 12.6 Å². The smallest absolute Gasteiger partial charge is 0.0327 e. The Labute approximate surface area is 90.2 Å². The van der Waals surface area contributed by atoms with Gasteiger partial charge >= 0.3 is 0 Å². The summed E-state index contributed by atoms with van der Waals surface area (Å²) < 4.78 is 0. The Hall–Kier alpha value is 0.01000. The normalized spacial score (nSPS) is 11.0. The fraction of sp³-hybridized carbons (Fsp3) is 0.600. The van der Waals surface area contributed by atoms with E-state index >= 15 is 0 Å². The van der Waals surface area contributed by atoms with E-state index in [2.05, 4.69) is 42.0 Å². The third-order valence-corrected chi connectivity index (χ3v) is 3.22. The molecule has 1 aromatic rings. The lowest BCUT2D eigenvalue weighted by molar-refractivity contribution is 0.284. The van der Waals surface area contributed by atoms with E-state index in [0.717, 1.165) is 25.4 Å². The Bertz CT molecular complexity index is 209. The molecule has 0 atom stereocenters. The quantitative estimate of drug-likeness (QED) is 0.714. The first kappa shape index (κ1) is 11.1. The van der Waals surface area contributed by atoms with Gasteiger partial charge in [-0.05, 0) is 36.7 Å². The summed E-state index contributed by atoms with van der Waals surface area (Å²) >= 11 is 6.06. The van der Waals surface area contributed by atoms with Crippen LogP contribution in [0.3, 0.4) is 0 Å². The Morgan fingerprint density at radius 3 is 2.92 bits per heavy atom. The van der Waals surface area contributed by atoms with Crippen molar-refractivity contribution < 1.29 is 0 Å². The highest BCUT2D eigenvalue weighted by Crippen LogP contribution is 2.11. The van der Waals surface area contributed by atoms with Crippen molar-refractivity contribution >= 4 is 24.0 Å². The minimum atomic E-state index is 0.987. The summed E-state index contributed by atoms with van der Waals surface area (Å²) in [5.41, 5.74) is 0. The maximum Gasteiger partial charge on any atom is 0.0327 e. The molecule has 0 N–H and O–H groups in total. The van der Waals surface area contributed by atoms with Gasteiger partial charge in [-0.3, -0.25) is 4.90 Å². The number of thiol groups is 1. The molecule has 0 bridgehead atoms. The first-order valence-electron chi connectivity index (χ1n) is 4.72. The molecule has 0 fully saturated rings. The molecule has 1 aromatic heterocycles. The zero-order valence-electron chi connectivity index (χ0n) is 8.07. The van der Waals surface area contributed by atoms with E-state index in [0.29, 0.717) is 0 Å². The molecule has 1 rings (SSSR count). The molecule has 3 heteroatoms. The van der Waals surface area contributed by atoms with E-state index in [1.54, 1.807) is 0 Å². The molecular weight excluding hydrogens is 198 g/mol. The zero-order valence-corrected chi connectivity index (χ0v) is 9.78. The SMILES string of the molecule is CCN(CCCS)Cc1cccs1. The molecule has 0 spiro atoms. The van der Waals surface area contributed by atoms with Crippen LogP contribution in [0.25, 0.3) is 0 Å². The summed E-state index contributed by atoms with van der Waals surface area (Å²) in [5.74, 6) is 0.987. The average Bonchev–Trinajstić information content (AvgIpc) is 2.64. The summed E-state index contributed by atoms with van der Waals surface area (Å²) in [5, 5.41) is 2.14. The van der Waals surface area contributed by atoms with E-state index < -0.39 is 0 Å². The van der Waals surface area contributed by atoms with E-state index in [1.165, 1.54) is 11.3 Å². The zero-order chi connectivity index (χ0) is 9.52. The maximum absolute atomic E-state index is 4.22. The predicted octanol–water partition coefficient (Wildman–Crippen LogP) is 2.89. The van der Waals surface area contributed by atoms with Crippen molar-refractivity contribution in [3.05, 3.63) is 22.4 Å². The summed E-state index contributed by atoms with van der Waals surface area (Å²) in [6, 6.07) is 4.32. The Balaban J connectivity index is 2.31. The van der Waals surface area contributed by atoms with Crippen molar-refractivity contribution in [1.82, 2.24) is 4.90 Å². The molecule has 0 saturated heterocycles. The van der Waals surface area contributed by atoms with Crippen LogP contribution in [-0.4, -0.2) is 23.7 Å². The molecular formula is C10H17NS2. The van der Waals surface area contributed by atoms with E-state index in [-0.39, 0.29) is 0 Å². The van der Waals surface area contributed by atoms with E-state index in [4.69, 9.17) is 0 Å². The van der Waals surface area contributed by atoms with Crippen LogP contribution in [0.1, 0.15) is 18.2 Å². The molecule has 0 aliphatic heterocycles. The van der Waals surface area contributed by atoms with Gasteiger partial charge in [0.1, 0.15) is 0 Å². The monoisotopic (exact) mass is 215 g/mol. The fourth-order valence-electron chi connectivity index (χ4n) is 1.27. The van der Waals surface area contributed by atoms with Crippen molar-refractivity contribution in [3.8, 4) is 0 Å². The van der Waals surface area contributed by atoms with Crippen LogP contribution in [0.5, 0.6) is 0 Å². The number of hydrogen-bond acceptors (Lipinski definition) is 3. The van der Waals surface area contributed by atoms with Crippen LogP contribution >= 0.6 is 24.0 Å². The van der Waals surface area contributed by atoms with Crippen molar-refractivity contribution in [1.29, 1.82) is 0 Å². The highest BCUT2D eigenvalue weighted by atomic mass is 32.1. The van der Waals surface area contributed by atoms with Gasteiger partial charge in [-0.25, -0.2) is 0 Å². The molecule has 0 saturated carbocycles. The van der Waals surface area contributed by atoms with Gasteiger partial charge in [-0.1, -0.05) is 13.0 Å². The first-order valence-corrected chi connectivity index (χ1v) is 6.23. The lowest BCUT2D eigenvalue weighted by atomic mass is 10.3. The lowest BCUT2D eigenvalue weighted by Crippen LogP contribution is -2.23. The predicted molar refractivity (Wildman–Crippen MR) is 63.7 cm³/mol. The Kier molecular flexibility index (Phi) is 5.51. The fourth-order valence-corrected chi connectivity index (χ4v) is 2.15. The van der Waals surface area contributed by atoms with Crippen molar-refractivity contribution in [3.63, 3.8) is 0 Å². The van der Waals surface area contributed by atoms with Crippen LogP contribution in [0.15, 0.2) is 17.5 Å². The molecule has 0 aliphatic rings.